The van der Waals surface area contributed by atoms with Crippen LogP contribution >= 0.6 is 11.6 Å². The Kier molecular flexibility index (Phi) is 4.59. The lowest BCUT2D eigenvalue weighted by Crippen LogP contribution is -2.40. The molecule has 114 valence electrons. The predicted octanol–water partition coefficient (Wildman–Crippen LogP) is 3.13. The Morgan fingerprint density at radius 2 is 2.23 bits per heavy atom. The fourth-order valence-electron chi connectivity index (χ4n) is 2.82. The molecule has 0 saturated carbocycles. The third kappa shape index (κ3) is 3.39. The number of hydrogen-bond donors (Lipinski definition) is 1. The summed E-state index contributed by atoms with van der Waals surface area (Å²) in [6, 6.07) is 13.2. The maximum atomic E-state index is 12.2. The first-order chi connectivity index (χ1) is 10.7. The Morgan fingerprint density at radius 1 is 1.32 bits per heavy atom. The van der Waals surface area contributed by atoms with Crippen LogP contribution in [0.15, 0.2) is 48.7 Å². The average Bonchev–Trinajstić information content (AvgIpc) is 3.02. The Bertz CT molecular complexity index is 647. The van der Waals surface area contributed by atoms with E-state index in [1.807, 2.05) is 18.2 Å². The van der Waals surface area contributed by atoms with Crippen molar-refractivity contribution in [2.75, 3.05) is 18.0 Å². The number of pyridine rings is 1. The number of nitrogens with one attached hydrogen (secondary N) is 1. The number of amides is 1. The van der Waals surface area contributed by atoms with Gasteiger partial charge in [0.05, 0.1) is 0 Å². The number of hydrogen-bond acceptors (Lipinski definition) is 3. The molecule has 0 unspecified atom stereocenters. The molecule has 0 spiro atoms. The lowest BCUT2D eigenvalue weighted by Gasteiger charge is -2.25. The van der Waals surface area contributed by atoms with Gasteiger partial charge in [-0.15, -0.1) is 0 Å². The summed E-state index contributed by atoms with van der Waals surface area (Å²) in [5.41, 5.74) is 0.592. The van der Waals surface area contributed by atoms with Crippen LogP contribution in [-0.2, 0) is 0 Å². The average molecular weight is 316 g/mol. The summed E-state index contributed by atoms with van der Waals surface area (Å²) in [6.45, 7) is 1.59. The van der Waals surface area contributed by atoms with Crippen LogP contribution in [0.3, 0.4) is 0 Å². The van der Waals surface area contributed by atoms with Crippen molar-refractivity contribution in [2.45, 2.75) is 18.9 Å². The zero-order valence-corrected chi connectivity index (χ0v) is 13.0. The van der Waals surface area contributed by atoms with Gasteiger partial charge in [-0.2, -0.15) is 0 Å². The van der Waals surface area contributed by atoms with Crippen molar-refractivity contribution < 1.29 is 4.79 Å². The van der Waals surface area contributed by atoms with Gasteiger partial charge >= 0.3 is 0 Å². The molecule has 0 bridgehead atoms. The quantitative estimate of drug-likeness (QED) is 0.943. The van der Waals surface area contributed by atoms with E-state index in [1.165, 1.54) is 0 Å². The molecule has 1 N–H and O–H groups in total. The van der Waals surface area contributed by atoms with E-state index in [4.69, 9.17) is 11.6 Å². The molecule has 1 aliphatic heterocycles. The topological polar surface area (TPSA) is 45.2 Å². The summed E-state index contributed by atoms with van der Waals surface area (Å²) in [7, 11) is 0. The molecule has 2 heterocycles. The second-order valence-electron chi connectivity index (χ2n) is 5.40. The van der Waals surface area contributed by atoms with Crippen molar-refractivity contribution in [1.29, 1.82) is 0 Å². The first-order valence-corrected chi connectivity index (χ1v) is 7.83. The van der Waals surface area contributed by atoms with Gasteiger partial charge in [0, 0.05) is 35.9 Å². The lowest BCUT2D eigenvalue weighted by molar-refractivity contribution is 0.0951. The number of carbonyl (C=O) groups excluding carboxylic acids is 1. The highest BCUT2D eigenvalue weighted by Crippen LogP contribution is 2.23. The van der Waals surface area contributed by atoms with E-state index in [0.717, 1.165) is 25.2 Å². The predicted molar refractivity (Wildman–Crippen MR) is 88.4 cm³/mol. The van der Waals surface area contributed by atoms with Crippen molar-refractivity contribution in [3.63, 3.8) is 0 Å². The summed E-state index contributed by atoms with van der Waals surface area (Å²) < 4.78 is 0. The van der Waals surface area contributed by atoms with Crippen molar-refractivity contribution in [1.82, 2.24) is 10.3 Å². The van der Waals surface area contributed by atoms with Gasteiger partial charge in [-0.05, 0) is 43.2 Å². The maximum absolute atomic E-state index is 12.2. The van der Waals surface area contributed by atoms with E-state index in [1.54, 1.807) is 30.5 Å². The molecule has 1 atom stereocenters. The highest BCUT2D eigenvalue weighted by atomic mass is 35.5. The van der Waals surface area contributed by atoms with Crippen molar-refractivity contribution in [2.24, 2.45) is 0 Å². The molecule has 5 heteroatoms. The van der Waals surface area contributed by atoms with Gasteiger partial charge in [-0.3, -0.25) is 4.79 Å². The minimum Gasteiger partial charge on any atom is -0.352 e. The lowest BCUT2D eigenvalue weighted by atomic mass is 10.2. The van der Waals surface area contributed by atoms with Gasteiger partial charge in [-0.25, -0.2) is 4.98 Å². The number of carbonyl (C=O) groups is 1. The Balaban J connectivity index is 1.62. The van der Waals surface area contributed by atoms with Gasteiger partial charge < -0.3 is 10.2 Å². The van der Waals surface area contributed by atoms with E-state index in [0.29, 0.717) is 17.1 Å². The van der Waals surface area contributed by atoms with Gasteiger partial charge in [0.25, 0.3) is 5.91 Å². The number of anilines is 1. The van der Waals surface area contributed by atoms with Crippen LogP contribution in [-0.4, -0.2) is 30.0 Å². The summed E-state index contributed by atoms with van der Waals surface area (Å²) in [4.78, 5) is 18.9. The molecule has 1 aliphatic rings. The minimum atomic E-state index is -0.0876. The minimum absolute atomic E-state index is 0.0876. The van der Waals surface area contributed by atoms with Crippen molar-refractivity contribution >= 4 is 23.3 Å². The Morgan fingerprint density at radius 3 is 3.00 bits per heavy atom. The number of nitrogens with zero attached hydrogens (tertiary/aromatic N) is 2. The molecular weight excluding hydrogens is 298 g/mol. The molecule has 1 fully saturated rings. The Labute approximate surface area is 135 Å². The monoisotopic (exact) mass is 315 g/mol. The van der Waals surface area contributed by atoms with E-state index < -0.39 is 0 Å². The second kappa shape index (κ2) is 6.79. The number of benzene rings is 1. The standard InChI is InChI=1S/C17H18ClN3O/c18-14-6-3-5-13(11-14)17(22)20-12-15-7-4-10-21(15)16-8-1-2-9-19-16/h1-3,5-6,8-9,11,15H,4,7,10,12H2,(H,20,22)/t15-/m1/s1. The summed E-state index contributed by atoms with van der Waals surface area (Å²) in [5.74, 6) is 0.886. The van der Waals surface area contributed by atoms with Gasteiger partial charge in [0.15, 0.2) is 0 Å². The van der Waals surface area contributed by atoms with Gasteiger partial charge in [0.1, 0.15) is 5.82 Å². The van der Waals surface area contributed by atoms with E-state index >= 15 is 0 Å². The molecule has 3 rings (SSSR count). The van der Waals surface area contributed by atoms with Crippen molar-refractivity contribution in [3.05, 3.63) is 59.2 Å². The van der Waals surface area contributed by atoms with Crippen LogP contribution in [0.5, 0.6) is 0 Å². The number of halogens is 1. The fourth-order valence-corrected chi connectivity index (χ4v) is 3.01. The fraction of sp³-hybridized carbons (Fsp3) is 0.294. The zero-order chi connectivity index (χ0) is 15.4. The summed E-state index contributed by atoms with van der Waals surface area (Å²) >= 11 is 5.92. The van der Waals surface area contributed by atoms with E-state index in [-0.39, 0.29) is 11.9 Å². The third-order valence-electron chi connectivity index (χ3n) is 3.91. The summed E-state index contributed by atoms with van der Waals surface area (Å²) in [5, 5.41) is 3.57. The van der Waals surface area contributed by atoms with Crippen LogP contribution < -0.4 is 10.2 Å². The van der Waals surface area contributed by atoms with Crippen LogP contribution in [0.4, 0.5) is 5.82 Å². The van der Waals surface area contributed by atoms with Crippen LogP contribution in [0, 0.1) is 0 Å². The van der Waals surface area contributed by atoms with Crippen LogP contribution in [0.1, 0.15) is 23.2 Å². The van der Waals surface area contributed by atoms with Gasteiger partial charge in [-0.1, -0.05) is 23.7 Å². The normalized spacial score (nSPS) is 17.5. The van der Waals surface area contributed by atoms with E-state index in [9.17, 15) is 4.79 Å². The van der Waals surface area contributed by atoms with E-state index in [2.05, 4.69) is 15.2 Å². The third-order valence-corrected chi connectivity index (χ3v) is 4.14. The molecule has 1 aromatic carbocycles. The smallest absolute Gasteiger partial charge is 0.251 e. The SMILES string of the molecule is O=C(NC[C@H]1CCCN1c1ccccn1)c1cccc(Cl)c1. The second-order valence-corrected chi connectivity index (χ2v) is 5.83. The molecule has 0 aliphatic carbocycles. The molecule has 4 nitrogen and oxygen atoms in total. The molecule has 22 heavy (non-hydrogen) atoms. The number of aromatic nitrogens is 1. The molecule has 1 aromatic heterocycles. The van der Waals surface area contributed by atoms with Crippen LogP contribution in [0.2, 0.25) is 5.02 Å². The zero-order valence-electron chi connectivity index (χ0n) is 12.2. The summed E-state index contributed by atoms with van der Waals surface area (Å²) in [6.07, 6.45) is 3.98. The molecule has 0 radical (unpaired) electrons. The highest BCUT2D eigenvalue weighted by Gasteiger charge is 2.25. The molecule has 1 saturated heterocycles. The first-order valence-electron chi connectivity index (χ1n) is 7.45. The maximum Gasteiger partial charge on any atom is 0.251 e. The Hall–Kier alpha value is -2.07. The van der Waals surface area contributed by atoms with Crippen LogP contribution in [0.25, 0.3) is 0 Å². The molecular formula is C17H18ClN3O. The molecule has 2 aromatic rings. The molecule has 1 amide bonds. The highest BCUT2D eigenvalue weighted by molar-refractivity contribution is 6.30. The largest absolute Gasteiger partial charge is 0.352 e. The van der Waals surface area contributed by atoms with Crippen molar-refractivity contribution in [3.8, 4) is 0 Å². The first kappa shape index (κ1) is 14.9. The van der Waals surface area contributed by atoms with Gasteiger partial charge in [0.2, 0.25) is 0 Å². The number of rotatable bonds is 4.